The van der Waals surface area contributed by atoms with Crippen LogP contribution in [0, 0.1) is 13.8 Å². The molecule has 0 radical (unpaired) electrons. The number of anilines is 1. The van der Waals surface area contributed by atoms with Gasteiger partial charge in [0, 0.05) is 22.8 Å². The van der Waals surface area contributed by atoms with Gasteiger partial charge in [-0.15, -0.1) is 0 Å². The van der Waals surface area contributed by atoms with Crippen LogP contribution in [-0.2, 0) is 13.2 Å². The average Bonchev–Trinajstić information content (AvgIpc) is 2.67. The predicted octanol–water partition coefficient (Wildman–Crippen LogP) is 6.92. The number of aryl methyl sites for hydroxylation is 2. The van der Waals surface area contributed by atoms with Gasteiger partial charge in [-0.05, 0) is 65.2 Å². The fraction of sp³-hybridized carbons (Fsp3) is 0.217. The zero-order valence-electron chi connectivity index (χ0n) is 16.2. The van der Waals surface area contributed by atoms with E-state index in [1.807, 2.05) is 36.4 Å². The summed E-state index contributed by atoms with van der Waals surface area (Å²) in [6, 6.07) is 18.1. The molecule has 146 valence electrons. The number of rotatable bonds is 7. The Hall–Kier alpha value is -2.17. The first kappa shape index (κ1) is 20.6. The summed E-state index contributed by atoms with van der Waals surface area (Å²) in [5, 5.41) is 4.17. The van der Waals surface area contributed by atoms with Crippen LogP contribution in [-0.4, -0.2) is 7.11 Å². The number of methoxy groups -OCH3 is 1. The lowest BCUT2D eigenvalue weighted by Gasteiger charge is -2.16. The number of hydrogen-bond acceptors (Lipinski definition) is 3. The molecule has 5 heteroatoms. The van der Waals surface area contributed by atoms with E-state index in [1.165, 1.54) is 11.1 Å². The summed E-state index contributed by atoms with van der Waals surface area (Å²) in [4.78, 5) is 0. The third-order valence-electron chi connectivity index (χ3n) is 4.48. The van der Waals surface area contributed by atoms with E-state index in [-0.39, 0.29) is 0 Å². The Morgan fingerprint density at radius 2 is 1.82 bits per heavy atom. The molecule has 3 rings (SSSR count). The molecule has 0 aliphatic rings. The highest BCUT2D eigenvalue weighted by Gasteiger charge is 2.13. The zero-order chi connectivity index (χ0) is 20.1. The van der Waals surface area contributed by atoms with Crippen molar-refractivity contribution in [2.45, 2.75) is 27.0 Å². The molecule has 0 bridgehead atoms. The molecule has 1 N–H and O–H groups in total. The van der Waals surface area contributed by atoms with Gasteiger partial charge in [0.1, 0.15) is 6.61 Å². The molecule has 0 saturated carbocycles. The molecular weight excluding hydrogens is 438 g/mol. The summed E-state index contributed by atoms with van der Waals surface area (Å²) < 4.78 is 12.4. The van der Waals surface area contributed by atoms with Gasteiger partial charge < -0.3 is 14.8 Å². The Bertz CT molecular complexity index is 975. The molecule has 3 aromatic carbocycles. The van der Waals surface area contributed by atoms with Crippen LogP contribution in [0.5, 0.6) is 11.5 Å². The van der Waals surface area contributed by atoms with Crippen molar-refractivity contribution in [3.8, 4) is 11.5 Å². The molecule has 3 nitrogen and oxygen atoms in total. The molecule has 0 fully saturated rings. The minimum atomic E-state index is 0.370. The molecule has 0 amide bonds. The molecule has 0 aliphatic carbocycles. The summed E-state index contributed by atoms with van der Waals surface area (Å²) in [7, 11) is 1.64. The first-order chi connectivity index (χ1) is 13.5. The minimum Gasteiger partial charge on any atom is -0.493 e. The van der Waals surface area contributed by atoms with Gasteiger partial charge in [0.25, 0.3) is 0 Å². The summed E-state index contributed by atoms with van der Waals surface area (Å²) in [5.41, 5.74) is 5.63. The van der Waals surface area contributed by atoms with Gasteiger partial charge in [0.2, 0.25) is 0 Å². The van der Waals surface area contributed by atoms with Gasteiger partial charge in [-0.3, -0.25) is 0 Å². The van der Waals surface area contributed by atoms with Crippen molar-refractivity contribution in [1.29, 1.82) is 0 Å². The topological polar surface area (TPSA) is 30.5 Å². The molecule has 0 unspecified atom stereocenters. The zero-order valence-corrected chi connectivity index (χ0v) is 18.5. The molecule has 0 aromatic heterocycles. The smallest absolute Gasteiger partial charge is 0.175 e. The molecule has 3 aromatic rings. The van der Waals surface area contributed by atoms with Gasteiger partial charge in [0.15, 0.2) is 11.5 Å². The maximum Gasteiger partial charge on any atom is 0.175 e. The van der Waals surface area contributed by atoms with Crippen LogP contribution in [0.15, 0.2) is 59.1 Å². The predicted molar refractivity (Wildman–Crippen MR) is 120 cm³/mol. The Morgan fingerprint density at radius 3 is 2.54 bits per heavy atom. The van der Waals surface area contributed by atoms with E-state index in [2.05, 4.69) is 53.3 Å². The number of ether oxygens (including phenoxy) is 2. The number of halogens is 2. The van der Waals surface area contributed by atoms with Gasteiger partial charge in [-0.1, -0.05) is 47.5 Å². The van der Waals surface area contributed by atoms with Crippen molar-refractivity contribution in [3.05, 3.63) is 86.3 Å². The lowest BCUT2D eigenvalue weighted by molar-refractivity contribution is 0.282. The molecular formula is C23H23BrClNO2. The average molecular weight is 461 g/mol. The van der Waals surface area contributed by atoms with Crippen molar-refractivity contribution < 1.29 is 9.47 Å². The van der Waals surface area contributed by atoms with E-state index in [0.29, 0.717) is 29.7 Å². The highest BCUT2D eigenvalue weighted by Crippen LogP contribution is 2.37. The molecule has 0 spiro atoms. The van der Waals surface area contributed by atoms with Crippen LogP contribution in [0.2, 0.25) is 5.02 Å². The number of nitrogens with one attached hydrogen (secondary N) is 1. The van der Waals surface area contributed by atoms with E-state index >= 15 is 0 Å². The quantitative estimate of drug-likeness (QED) is 0.415. The Balaban J connectivity index is 1.74. The standard InChI is InChI=1S/C23H23BrClNO2/c1-15-8-9-21(16(2)10-15)26-13-17-11-19(24)23(22(12-17)27-3)28-14-18-6-4-5-7-20(18)25/h4-12,26H,13-14H2,1-3H3. The maximum atomic E-state index is 6.22. The fourth-order valence-corrected chi connectivity index (χ4v) is 3.78. The van der Waals surface area contributed by atoms with Crippen LogP contribution < -0.4 is 14.8 Å². The second-order valence-corrected chi connectivity index (χ2v) is 7.92. The second kappa shape index (κ2) is 9.35. The molecule has 0 heterocycles. The van der Waals surface area contributed by atoms with Crippen molar-refractivity contribution in [1.82, 2.24) is 0 Å². The van der Waals surface area contributed by atoms with E-state index in [4.69, 9.17) is 21.1 Å². The highest BCUT2D eigenvalue weighted by molar-refractivity contribution is 9.10. The van der Waals surface area contributed by atoms with Crippen LogP contribution in [0.1, 0.15) is 22.3 Å². The summed E-state index contributed by atoms with van der Waals surface area (Å²) in [6.07, 6.45) is 0. The van der Waals surface area contributed by atoms with E-state index in [9.17, 15) is 0 Å². The van der Waals surface area contributed by atoms with E-state index < -0.39 is 0 Å². The van der Waals surface area contributed by atoms with E-state index in [1.54, 1.807) is 7.11 Å². The normalized spacial score (nSPS) is 10.6. The first-order valence-corrected chi connectivity index (χ1v) is 10.2. The van der Waals surface area contributed by atoms with Crippen LogP contribution in [0.3, 0.4) is 0 Å². The number of hydrogen-bond donors (Lipinski definition) is 1. The van der Waals surface area contributed by atoms with Crippen LogP contribution in [0.25, 0.3) is 0 Å². The third kappa shape index (κ3) is 5.00. The molecule has 0 aliphatic heterocycles. The third-order valence-corrected chi connectivity index (χ3v) is 5.44. The van der Waals surface area contributed by atoms with Crippen molar-refractivity contribution in [2.75, 3.05) is 12.4 Å². The van der Waals surface area contributed by atoms with E-state index in [0.717, 1.165) is 21.3 Å². The number of benzene rings is 3. The van der Waals surface area contributed by atoms with Gasteiger partial charge in [-0.25, -0.2) is 0 Å². The monoisotopic (exact) mass is 459 g/mol. The lowest BCUT2D eigenvalue weighted by atomic mass is 10.1. The molecule has 0 saturated heterocycles. The summed E-state index contributed by atoms with van der Waals surface area (Å²) >= 11 is 9.84. The Labute approximate surface area is 179 Å². The van der Waals surface area contributed by atoms with Crippen molar-refractivity contribution >= 4 is 33.2 Å². The Kier molecular flexibility index (Phi) is 6.87. The SMILES string of the molecule is COc1cc(CNc2ccc(C)cc2C)cc(Br)c1OCc1ccccc1Cl. The van der Waals surface area contributed by atoms with Crippen molar-refractivity contribution in [3.63, 3.8) is 0 Å². The summed E-state index contributed by atoms with van der Waals surface area (Å²) in [6.45, 7) is 5.26. The highest BCUT2D eigenvalue weighted by atomic mass is 79.9. The van der Waals surface area contributed by atoms with Crippen LogP contribution in [0.4, 0.5) is 5.69 Å². The Morgan fingerprint density at radius 1 is 1.04 bits per heavy atom. The maximum absolute atomic E-state index is 6.22. The van der Waals surface area contributed by atoms with Gasteiger partial charge in [0.05, 0.1) is 11.6 Å². The summed E-state index contributed by atoms with van der Waals surface area (Å²) in [5.74, 6) is 1.34. The lowest BCUT2D eigenvalue weighted by Crippen LogP contribution is -2.04. The first-order valence-electron chi connectivity index (χ1n) is 9.01. The fourth-order valence-electron chi connectivity index (χ4n) is 2.99. The molecule has 28 heavy (non-hydrogen) atoms. The van der Waals surface area contributed by atoms with Gasteiger partial charge >= 0.3 is 0 Å². The minimum absolute atomic E-state index is 0.370. The van der Waals surface area contributed by atoms with Crippen LogP contribution >= 0.6 is 27.5 Å². The van der Waals surface area contributed by atoms with Crippen molar-refractivity contribution in [2.24, 2.45) is 0 Å². The molecule has 0 atom stereocenters. The largest absolute Gasteiger partial charge is 0.493 e. The second-order valence-electron chi connectivity index (χ2n) is 6.66. The van der Waals surface area contributed by atoms with Gasteiger partial charge in [-0.2, -0.15) is 0 Å².